The molecule has 0 saturated heterocycles. The summed E-state index contributed by atoms with van der Waals surface area (Å²) in [6.45, 7) is 2.04. The summed E-state index contributed by atoms with van der Waals surface area (Å²) in [4.78, 5) is 9.74. The maximum Gasteiger partial charge on any atom is 0.305 e. The van der Waals surface area contributed by atoms with Gasteiger partial charge in [-0.2, -0.15) is 9.49 Å². The third-order valence-electron chi connectivity index (χ3n) is 2.57. The molecular formula is C10H8F2N4O2S. The first-order valence-electron chi connectivity index (χ1n) is 5.25. The number of aromatic nitrogens is 3. The minimum atomic E-state index is -1.27. The van der Waals surface area contributed by atoms with E-state index >= 15 is 0 Å². The van der Waals surface area contributed by atoms with Crippen molar-refractivity contribution in [2.45, 2.75) is 13.5 Å². The Labute approximate surface area is 110 Å². The molecule has 0 aliphatic rings. The molecule has 0 unspecified atom stereocenters. The molecule has 19 heavy (non-hydrogen) atoms. The van der Waals surface area contributed by atoms with E-state index in [1.54, 1.807) is 6.92 Å². The predicted octanol–water partition coefficient (Wildman–Crippen LogP) is 2.81. The Morgan fingerprint density at radius 1 is 1.53 bits per heavy atom. The predicted molar refractivity (Wildman–Crippen MR) is 65.1 cm³/mol. The lowest BCUT2D eigenvalue weighted by atomic mass is 10.1. The second kappa shape index (κ2) is 4.84. The van der Waals surface area contributed by atoms with Crippen molar-refractivity contribution in [1.82, 2.24) is 14.8 Å². The Hall–Kier alpha value is -2.16. The lowest BCUT2D eigenvalue weighted by Crippen LogP contribution is -2.03. The second-order valence-corrected chi connectivity index (χ2v) is 4.00. The highest BCUT2D eigenvalue weighted by Crippen LogP contribution is 2.30. The first kappa shape index (κ1) is 13.3. The number of nitro groups is 1. The van der Waals surface area contributed by atoms with Crippen LogP contribution in [0.3, 0.4) is 0 Å². The van der Waals surface area contributed by atoms with E-state index in [0.29, 0.717) is 6.54 Å². The monoisotopic (exact) mass is 286 g/mol. The number of nitrogens with zero attached hydrogens (tertiary/aromatic N) is 3. The highest BCUT2D eigenvalue weighted by atomic mass is 32.1. The maximum atomic E-state index is 14.0. The highest BCUT2D eigenvalue weighted by Gasteiger charge is 2.25. The fourth-order valence-corrected chi connectivity index (χ4v) is 1.95. The number of benzene rings is 1. The smallest absolute Gasteiger partial charge is 0.300 e. The van der Waals surface area contributed by atoms with Crippen LogP contribution in [0.15, 0.2) is 12.1 Å². The quantitative estimate of drug-likeness (QED) is 0.534. The summed E-state index contributed by atoms with van der Waals surface area (Å²) >= 11 is 4.91. The summed E-state index contributed by atoms with van der Waals surface area (Å²) in [5, 5.41) is 16.8. The van der Waals surface area contributed by atoms with Gasteiger partial charge in [0.25, 0.3) is 0 Å². The first-order valence-corrected chi connectivity index (χ1v) is 5.66. The fourth-order valence-electron chi connectivity index (χ4n) is 1.69. The molecule has 0 atom stereocenters. The van der Waals surface area contributed by atoms with Gasteiger partial charge in [0.05, 0.1) is 10.5 Å². The van der Waals surface area contributed by atoms with Crippen molar-refractivity contribution in [2.24, 2.45) is 0 Å². The van der Waals surface area contributed by atoms with Crippen molar-refractivity contribution in [2.75, 3.05) is 0 Å². The Bertz CT molecular complexity index is 710. The average Bonchev–Trinajstić information content (AvgIpc) is 2.70. The molecule has 0 bridgehead atoms. The van der Waals surface area contributed by atoms with E-state index in [9.17, 15) is 18.9 Å². The lowest BCUT2D eigenvalue weighted by molar-refractivity contribution is -0.387. The summed E-state index contributed by atoms with van der Waals surface area (Å²) in [6.07, 6.45) is 0. The molecule has 0 saturated carbocycles. The number of hydrogen-bond acceptors (Lipinski definition) is 4. The van der Waals surface area contributed by atoms with Crippen LogP contribution < -0.4 is 0 Å². The van der Waals surface area contributed by atoms with Gasteiger partial charge in [-0.25, -0.2) is 4.39 Å². The summed E-state index contributed by atoms with van der Waals surface area (Å²) < 4.78 is 29.3. The molecule has 0 aliphatic heterocycles. The zero-order valence-electron chi connectivity index (χ0n) is 9.68. The average molecular weight is 286 g/mol. The number of nitro benzene ring substituents is 1. The van der Waals surface area contributed by atoms with Crippen molar-refractivity contribution in [3.05, 3.63) is 38.7 Å². The van der Waals surface area contributed by atoms with Crippen LogP contribution in [-0.2, 0) is 6.54 Å². The van der Waals surface area contributed by atoms with Crippen LogP contribution in [0.5, 0.6) is 0 Å². The summed E-state index contributed by atoms with van der Waals surface area (Å²) in [6, 6.07) is 1.60. The van der Waals surface area contributed by atoms with Gasteiger partial charge in [-0.15, -0.1) is 0 Å². The van der Waals surface area contributed by atoms with Crippen molar-refractivity contribution in [3.8, 4) is 11.4 Å². The van der Waals surface area contributed by atoms with Gasteiger partial charge in [-0.1, -0.05) is 0 Å². The molecule has 0 amide bonds. The number of H-pyrrole nitrogens is 1. The Morgan fingerprint density at radius 2 is 2.21 bits per heavy atom. The van der Waals surface area contributed by atoms with Crippen molar-refractivity contribution in [3.63, 3.8) is 0 Å². The molecule has 0 fully saturated rings. The van der Waals surface area contributed by atoms with Gasteiger partial charge in [0.1, 0.15) is 5.82 Å². The van der Waals surface area contributed by atoms with Crippen LogP contribution in [0.1, 0.15) is 6.92 Å². The van der Waals surface area contributed by atoms with Crippen LogP contribution in [0.25, 0.3) is 11.4 Å². The van der Waals surface area contributed by atoms with Gasteiger partial charge < -0.3 is 4.57 Å². The maximum absolute atomic E-state index is 14.0. The zero-order chi connectivity index (χ0) is 14.2. The number of hydrogen-bond donors (Lipinski definition) is 1. The van der Waals surface area contributed by atoms with Crippen LogP contribution in [-0.4, -0.2) is 19.7 Å². The number of halogens is 2. The molecule has 100 valence electrons. The third kappa shape index (κ3) is 2.12. The molecule has 2 rings (SSSR count). The van der Waals surface area contributed by atoms with Crippen molar-refractivity contribution < 1.29 is 13.7 Å². The first-order chi connectivity index (χ1) is 8.97. The van der Waals surface area contributed by atoms with E-state index in [1.165, 1.54) is 4.57 Å². The van der Waals surface area contributed by atoms with Gasteiger partial charge in [0.15, 0.2) is 10.6 Å². The molecular weight excluding hydrogens is 278 g/mol. The summed E-state index contributed by atoms with van der Waals surface area (Å²) in [7, 11) is 0. The van der Waals surface area contributed by atoms with E-state index in [2.05, 4.69) is 10.2 Å². The normalized spacial score (nSPS) is 10.7. The van der Waals surface area contributed by atoms with Gasteiger partial charge in [-0.3, -0.25) is 15.2 Å². The largest absolute Gasteiger partial charge is 0.305 e. The molecule has 1 heterocycles. The number of aromatic amines is 1. The fraction of sp³-hybridized carbons (Fsp3) is 0.200. The third-order valence-corrected chi connectivity index (χ3v) is 2.88. The number of nitrogens with one attached hydrogen (secondary N) is 1. The Morgan fingerprint density at radius 3 is 2.79 bits per heavy atom. The van der Waals surface area contributed by atoms with E-state index in [0.717, 1.165) is 12.1 Å². The van der Waals surface area contributed by atoms with Gasteiger partial charge in [-0.05, 0) is 25.2 Å². The highest BCUT2D eigenvalue weighted by molar-refractivity contribution is 7.71. The summed E-state index contributed by atoms with van der Waals surface area (Å²) in [5.41, 5.74) is -1.38. The van der Waals surface area contributed by atoms with Gasteiger partial charge >= 0.3 is 5.69 Å². The van der Waals surface area contributed by atoms with Crippen LogP contribution in [0.2, 0.25) is 0 Å². The molecule has 6 nitrogen and oxygen atoms in total. The molecule has 2 aromatic rings. The van der Waals surface area contributed by atoms with Gasteiger partial charge in [0, 0.05) is 12.6 Å². The van der Waals surface area contributed by atoms with Crippen LogP contribution in [0.4, 0.5) is 14.5 Å². The van der Waals surface area contributed by atoms with Crippen LogP contribution >= 0.6 is 12.2 Å². The molecule has 0 radical (unpaired) electrons. The zero-order valence-corrected chi connectivity index (χ0v) is 10.5. The Kier molecular flexibility index (Phi) is 3.38. The minimum Gasteiger partial charge on any atom is -0.300 e. The van der Waals surface area contributed by atoms with E-state index < -0.39 is 27.8 Å². The minimum absolute atomic E-state index is 0.105. The van der Waals surface area contributed by atoms with Crippen LogP contribution in [0, 0.1) is 26.5 Å². The van der Waals surface area contributed by atoms with Crippen molar-refractivity contribution >= 4 is 17.9 Å². The summed E-state index contributed by atoms with van der Waals surface area (Å²) in [5.74, 6) is -2.31. The topological polar surface area (TPSA) is 76.8 Å². The molecule has 1 aromatic carbocycles. The molecule has 9 heteroatoms. The molecule has 0 spiro atoms. The lowest BCUT2D eigenvalue weighted by Gasteiger charge is -2.06. The molecule has 0 aliphatic carbocycles. The number of rotatable bonds is 3. The van der Waals surface area contributed by atoms with E-state index in [4.69, 9.17) is 12.2 Å². The second-order valence-electron chi connectivity index (χ2n) is 3.61. The SMILES string of the molecule is CCn1c(-c2c(F)ccc([N+](=O)[O-])c2F)n[nH]c1=S. The Balaban J connectivity index is 2.78. The molecule has 1 N–H and O–H groups in total. The van der Waals surface area contributed by atoms with E-state index in [1.807, 2.05) is 0 Å². The molecule has 1 aromatic heterocycles. The van der Waals surface area contributed by atoms with Crippen molar-refractivity contribution in [1.29, 1.82) is 0 Å². The standard InChI is InChI=1S/C10H8F2N4O2S/c1-2-15-9(13-14-10(15)19)7-5(11)3-4-6(8(7)12)16(17)18/h3-4H,2H2,1H3,(H,14,19). The van der Waals surface area contributed by atoms with Gasteiger partial charge in [0.2, 0.25) is 5.82 Å². The van der Waals surface area contributed by atoms with E-state index in [-0.39, 0.29) is 10.6 Å².